The van der Waals surface area contributed by atoms with Crippen molar-refractivity contribution in [2.75, 3.05) is 13.2 Å². The molecule has 0 radical (unpaired) electrons. The first-order chi connectivity index (χ1) is 9.34. The van der Waals surface area contributed by atoms with Crippen molar-refractivity contribution in [2.24, 2.45) is 5.92 Å². The summed E-state index contributed by atoms with van der Waals surface area (Å²) in [7, 11) is 0. The van der Waals surface area contributed by atoms with Crippen molar-refractivity contribution in [2.45, 2.75) is 58.1 Å². The van der Waals surface area contributed by atoms with Crippen LogP contribution >= 0.6 is 0 Å². The number of hydrogen-bond donors (Lipinski definition) is 1. The van der Waals surface area contributed by atoms with E-state index in [-0.39, 0.29) is 0 Å². The van der Waals surface area contributed by atoms with Gasteiger partial charge in [0, 0.05) is 12.6 Å². The maximum absolute atomic E-state index is 5.58. The van der Waals surface area contributed by atoms with Gasteiger partial charge >= 0.3 is 0 Å². The molecule has 2 unspecified atom stereocenters. The molecule has 1 aromatic heterocycles. The number of ether oxygens (including phenoxy) is 1. The molecular weight excluding hydrogens is 238 g/mol. The van der Waals surface area contributed by atoms with Gasteiger partial charge in [0.05, 0.1) is 6.26 Å². The Morgan fingerprint density at radius 2 is 2.26 bits per heavy atom. The lowest BCUT2D eigenvalue weighted by Gasteiger charge is -2.16. The molecule has 0 aliphatic heterocycles. The van der Waals surface area contributed by atoms with E-state index < -0.39 is 0 Å². The molecule has 3 heteroatoms. The first-order valence-corrected chi connectivity index (χ1v) is 7.68. The van der Waals surface area contributed by atoms with E-state index >= 15 is 0 Å². The molecule has 2 atom stereocenters. The predicted octanol–water partition coefficient (Wildman–Crippen LogP) is 3.74. The normalized spacial score (nSPS) is 24.3. The van der Waals surface area contributed by atoms with Crippen molar-refractivity contribution in [3.05, 3.63) is 24.2 Å². The van der Waals surface area contributed by atoms with E-state index in [4.69, 9.17) is 9.15 Å². The van der Waals surface area contributed by atoms with Gasteiger partial charge in [-0.3, -0.25) is 0 Å². The molecule has 3 nitrogen and oxygen atoms in total. The summed E-state index contributed by atoms with van der Waals surface area (Å²) >= 11 is 0. The zero-order chi connectivity index (χ0) is 13.3. The summed E-state index contributed by atoms with van der Waals surface area (Å²) in [5.74, 6) is 1.83. The summed E-state index contributed by atoms with van der Waals surface area (Å²) in [5.41, 5.74) is 0. The zero-order valence-corrected chi connectivity index (χ0v) is 12.1. The summed E-state index contributed by atoms with van der Waals surface area (Å²) in [6.07, 6.45) is 9.62. The van der Waals surface area contributed by atoms with Crippen molar-refractivity contribution < 1.29 is 9.15 Å². The minimum Gasteiger partial charge on any atom is -0.467 e. The Morgan fingerprint density at radius 1 is 1.32 bits per heavy atom. The fourth-order valence-corrected chi connectivity index (χ4v) is 2.74. The van der Waals surface area contributed by atoms with Crippen LogP contribution in [0.1, 0.15) is 51.2 Å². The fourth-order valence-electron chi connectivity index (χ4n) is 2.74. The topological polar surface area (TPSA) is 34.4 Å². The minimum absolute atomic E-state index is 0.591. The molecule has 1 aliphatic carbocycles. The maximum Gasteiger partial charge on any atom is 0.129 e. The van der Waals surface area contributed by atoms with Crippen LogP contribution < -0.4 is 5.32 Å². The monoisotopic (exact) mass is 265 g/mol. The number of rotatable bonds is 7. The van der Waals surface area contributed by atoms with Crippen LogP contribution in [0.15, 0.2) is 22.8 Å². The maximum atomic E-state index is 5.58. The SMILES string of the molecule is CC1CCCC(NCCCOCc2ccco2)CC1. The molecule has 1 fully saturated rings. The Kier molecular flexibility index (Phi) is 6.45. The molecule has 108 valence electrons. The smallest absolute Gasteiger partial charge is 0.129 e. The Morgan fingerprint density at radius 3 is 3.11 bits per heavy atom. The second kappa shape index (κ2) is 8.39. The molecule has 1 N–H and O–H groups in total. The van der Waals surface area contributed by atoms with Crippen molar-refractivity contribution >= 4 is 0 Å². The lowest BCUT2D eigenvalue weighted by atomic mass is 10.0. The summed E-state index contributed by atoms with van der Waals surface area (Å²) < 4.78 is 10.8. The van der Waals surface area contributed by atoms with Crippen LogP contribution in [-0.2, 0) is 11.3 Å². The van der Waals surface area contributed by atoms with E-state index in [9.17, 15) is 0 Å². The van der Waals surface area contributed by atoms with Crippen molar-refractivity contribution in [1.29, 1.82) is 0 Å². The molecule has 0 amide bonds. The van der Waals surface area contributed by atoms with Crippen LogP contribution in [-0.4, -0.2) is 19.2 Å². The number of nitrogens with one attached hydrogen (secondary N) is 1. The van der Waals surface area contributed by atoms with E-state index in [1.807, 2.05) is 12.1 Å². The van der Waals surface area contributed by atoms with Gasteiger partial charge in [0.2, 0.25) is 0 Å². The molecular formula is C16H27NO2. The van der Waals surface area contributed by atoms with E-state index in [1.54, 1.807) is 6.26 Å². The van der Waals surface area contributed by atoms with E-state index in [2.05, 4.69) is 12.2 Å². The van der Waals surface area contributed by atoms with Crippen molar-refractivity contribution in [3.63, 3.8) is 0 Å². The second-order valence-electron chi connectivity index (χ2n) is 5.75. The molecule has 1 saturated carbocycles. The molecule has 19 heavy (non-hydrogen) atoms. The van der Waals surface area contributed by atoms with Gasteiger partial charge in [0.1, 0.15) is 12.4 Å². The Hall–Kier alpha value is -0.800. The molecule has 0 saturated heterocycles. The van der Waals surface area contributed by atoms with E-state index in [1.165, 1.54) is 32.1 Å². The molecule has 1 aromatic rings. The third-order valence-electron chi connectivity index (χ3n) is 3.98. The Balaban J connectivity index is 1.47. The van der Waals surface area contributed by atoms with Crippen molar-refractivity contribution in [3.8, 4) is 0 Å². The third-order valence-corrected chi connectivity index (χ3v) is 3.98. The molecule has 0 bridgehead atoms. The lowest BCUT2D eigenvalue weighted by molar-refractivity contribution is 0.103. The molecule has 1 heterocycles. The summed E-state index contributed by atoms with van der Waals surface area (Å²) in [6.45, 7) is 4.84. The highest BCUT2D eigenvalue weighted by atomic mass is 16.5. The summed E-state index contributed by atoms with van der Waals surface area (Å²) in [5, 5.41) is 3.67. The summed E-state index contributed by atoms with van der Waals surface area (Å²) in [4.78, 5) is 0. The van der Waals surface area contributed by atoms with E-state index in [0.29, 0.717) is 6.61 Å². The minimum atomic E-state index is 0.591. The van der Waals surface area contributed by atoms with Crippen LogP contribution in [0.2, 0.25) is 0 Å². The van der Waals surface area contributed by atoms with Gasteiger partial charge in [-0.15, -0.1) is 0 Å². The lowest BCUT2D eigenvalue weighted by Crippen LogP contribution is -2.29. The number of hydrogen-bond acceptors (Lipinski definition) is 3. The van der Waals surface area contributed by atoms with Gasteiger partial charge in [-0.1, -0.05) is 19.8 Å². The average Bonchev–Trinajstić information content (AvgIpc) is 2.84. The average molecular weight is 265 g/mol. The van der Waals surface area contributed by atoms with Gasteiger partial charge in [0.15, 0.2) is 0 Å². The van der Waals surface area contributed by atoms with Gasteiger partial charge in [-0.25, -0.2) is 0 Å². The molecule has 0 spiro atoms. The second-order valence-corrected chi connectivity index (χ2v) is 5.75. The largest absolute Gasteiger partial charge is 0.467 e. The van der Waals surface area contributed by atoms with Crippen LogP contribution in [0.4, 0.5) is 0 Å². The quantitative estimate of drug-likeness (QED) is 0.602. The standard InChI is InChI=1S/C16H27NO2/c1-14-5-2-6-15(9-8-14)17-10-4-11-18-13-16-7-3-12-19-16/h3,7,12,14-15,17H,2,4-6,8-11,13H2,1H3. The van der Waals surface area contributed by atoms with Gasteiger partial charge in [-0.05, 0) is 50.3 Å². The van der Waals surface area contributed by atoms with Crippen molar-refractivity contribution in [1.82, 2.24) is 5.32 Å². The highest BCUT2D eigenvalue weighted by Gasteiger charge is 2.14. The van der Waals surface area contributed by atoms with Crippen LogP contribution in [0.25, 0.3) is 0 Å². The molecule has 1 aliphatic rings. The highest BCUT2D eigenvalue weighted by molar-refractivity contribution is 4.95. The summed E-state index contributed by atoms with van der Waals surface area (Å²) in [6, 6.07) is 4.58. The predicted molar refractivity (Wildman–Crippen MR) is 77.0 cm³/mol. The third kappa shape index (κ3) is 5.79. The van der Waals surface area contributed by atoms with E-state index in [0.717, 1.165) is 37.3 Å². The highest BCUT2D eigenvalue weighted by Crippen LogP contribution is 2.22. The Labute approximate surface area is 116 Å². The fraction of sp³-hybridized carbons (Fsp3) is 0.750. The Bertz CT molecular complexity index is 323. The molecule has 0 aromatic carbocycles. The van der Waals surface area contributed by atoms with Gasteiger partial charge in [-0.2, -0.15) is 0 Å². The number of furan rings is 1. The zero-order valence-electron chi connectivity index (χ0n) is 12.1. The first-order valence-electron chi connectivity index (χ1n) is 7.68. The van der Waals surface area contributed by atoms with Crippen LogP contribution in [0.3, 0.4) is 0 Å². The van der Waals surface area contributed by atoms with Gasteiger partial charge < -0.3 is 14.5 Å². The molecule has 2 rings (SSSR count). The van der Waals surface area contributed by atoms with Gasteiger partial charge in [0.25, 0.3) is 0 Å². The first kappa shape index (κ1) is 14.6. The van der Waals surface area contributed by atoms with Crippen LogP contribution in [0.5, 0.6) is 0 Å². The van der Waals surface area contributed by atoms with Crippen LogP contribution in [0, 0.1) is 5.92 Å².